The zero-order valence-electron chi connectivity index (χ0n) is 15.9. The van der Waals surface area contributed by atoms with Crippen molar-refractivity contribution >= 4 is 16.1 Å². The third-order valence-corrected chi connectivity index (χ3v) is 7.57. The third kappa shape index (κ3) is 3.88. The molecule has 2 fully saturated rings. The Morgan fingerprint density at radius 2 is 1.50 bits per heavy atom. The average molecular weight is 380 g/mol. The van der Waals surface area contributed by atoms with E-state index in [1.807, 2.05) is 24.8 Å². The second-order valence-corrected chi connectivity index (χ2v) is 9.53. The van der Waals surface area contributed by atoms with Gasteiger partial charge >= 0.3 is 6.03 Å². The number of aryl methyl sites for hydroxylation is 2. The summed E-state index contributed by atoms with van der Waals surface area (Å²) in [4.78, 5) is 16.7. The molecule has 0 spiro atoms. The van der Waals surface area contributed by atoms with E-state index in [0.29, 0.717) is 37.0 Å². The Bertz CT molecular complexity index is 762. The number of piperazine rings is 1. The van der Waals surface area contributed by atoms with Crippen molar-refractivity contribution in [3.05, 3.63) is 29.3 Å². The number of hydrogen-bond acceptors (Lipinski definition) is 3. The largest absolute Gasteiger partial charge is 0.325 e. The highest BCUT2D eigenvalue weighted by Crippen LogP contribution is 2.22. The molecule has 2 heterocycles. The lowest BCUT2D eigenvalue weighted by Crippen LogP contribution is -2.54. The number of benzene rings is 1. The van der Waals surface area contributed by atoms with Crippen LogP contribution in [0.2, 0.25) is 0 Å². The number of nitrogens with zero attached hydrogens (tertiary/aromatic N) is 3. The van der Waals surface area contributed by atoms with Crippen LogP contribution in [0.5, 0.6) is 0 Å². The molecule has 1 aromatic rings. The maximum absolute atomic E-state index is 12.9. The summed E-state index contributed by atoms with van der Waals surface area (Å²) < 4.78 is 27.3. The van der Waals surface area contributed by atoms with Gasteiger partial charge in [0.15, 0.2) is 0 Å². The van der Waals surface area contributed by atoms with Gasteiger partial charge in [0.1, 0.15) is 0 Å². The van der Waals surface area contributed by atoms with Crippen molar-refractivity contribution in [3.63, 3.8) is 0 Å². The van der Waals surface area contributed by atoms with Gasteiger partial charge in [-0.1, -0.05) is 13.0 Å². The van der Waals surface area contributed by atoms with Gasteiger partial charge < -0.3 is 9.80 Å². The first-order valence-electron chi connectivity index (χ1n) is 9.40. The van der Waals surface area contributed by atoms with Crippen LogP contribution < -0.4 is 0 Å². The van der Waals surface area contributed by atoms with Crippen LogP contribution in [0.15, 0.2) is 23.1 Å². The van der Waals surface area contributed by atoms with Crippen LogP contribution in [-0.4, -0.2) is 67.8 Å². The van der Waals surface area contributed by atoms with E-state index in [0.717, 1.165) is 37.1 Å². The van der Waals surface area contributed by atoms with E-state index in [2.05, 4.69) is 6.92 Å². The molecule has 26 heavy (non-hydrogen) atoms. The van der Waals surface area contributed by atoms with Crippen LogP contribution in [0.3, 0.4) is 0 Å². The molecule has 2 aliphatic heterocycles. The van der Waals surface area contributed by atoms with Gasteiger partial charge in [0.25, 0.3) is 0 Å². The summed E-state index contributed by atoms with van der Waals surface area (Å²) in [5.41, 5.74) is 2.05. The third-order valence-electron chi connectivity index (χ3n) is 5.68. The molecular formula is C19H29N3O3S. The zero-order valence-corrected chi connectivity index (χ0v) is 16.8. The summed E-state index contributed by atoms with van der Waals surface area (Å²) >= 11 is 0. The number of carbonyl (C=O) groups excluding carboxylic acids is 1. The molecule has 0 radical (unpaired) electrons. The first kappa shape index (κ1) is 19.2. The maximum Gasteiger partial charge on any atom is 0.320 e. The Balaban J connectivity index is 1.62. The van der Waals surface area contributed by atoms with E-state index in [1.54, 1.807) is 17.0 Å². The normalized spacial score (nSPS) is 20.4. The lowest BCUT2D eigenvalue weighted by Gasteiger charge is -2.39. The predicted molar refractivity (Wildman–Crippen MR) is 102 cm³/mol. The Morgan fingerprint density at radius 3 is 2.08 bits per heavy atom. The topological polar surface area (TPSA) is 60.9 Å². The lowest BCUT2D eigenvalue weighted by molar-refractivity contribution is 0.119. The second kappa shape index (κ2) is 7.56. The maximum atomic E-state index is 12.9. The summed E-state index contributed by atoms with van der Waals surface area (Å²) in [5.74, 6) is 0.680. The molecule has 0 atom stereocenters. The van der Waals surface area contributed by atoms with E-state index in [1.165, 1.54) is 4.31 Å². The van der Waals surface area contributed by atoms with Crippen molar-refractivity contribution in [1.82, 2.24) is 14.1 Å². The fourth-order valence-corrected chi connectivity index (χ4v) is 5.05. The van der Waals surface area contributed by atoms with Gasteiger partial charge in [0.05, 0.1) is 4.90 Å². The first-order valence-corrected chi connectivity index (χ1v) is 10.8. The molecule has 0 saturated carbocycles. The molecule has 0 aliphatic carbocycles. The minimum Gasteiger partial charge on any atom is -0.325 e. The Kier molecular flexibility index (Phi) is 5.58. The molecule has 6 nitrogen and oxygen atoms in total. The van der Waals surface area contributed by atoms with Gasteiger partial charge in [-0.15, -0.1) is 0 Å². The summed E-state index contributed by atoms with van der Waals surface area (Å²) in [7, 11) is -3.50. The summed E-state index contributed by atoms with van der Waals surface area (Å²) in [6, 6.07) is 5.31. The van der Waals surface area contributed by atoms with Crippen molar-refractivity contribution in [3.8, 4) is 0 Å². The highest BCUT2D eigenvalue weighted by atomic mass is 32.2. The molecule has 0 aromatic heterocycles. The summed E-state index contributed by atoms with van der Waals surface area (Å²) in [6.07, 6.45) is 2.10. The van der Waals surface area contributed by atoms with Gasteiger partial charge in [0.2, 0.25) is 10.0 Å². The molecule has 0 N–H and O–H groups in total. The highest BCUT2D eigenvalue weighted by molar-refractivity contribution is 7.89. The second-order valence-electron chi connectivity index (χ2n) is 7.59. The van der Waals surface area contributed by atoms with E-state index in [9.17, 15) is 13.2 Å². The fourth-order valence-electron chi connectivity index (χ4n) is 3.54. The van der Waals surface area contributed by atoms with Crippen molar-refractivity contribution in [1.29, 1.82) is 0 Å². The van der Waals surface area contributed by atoms with Gasteiger partial charge in [-0.25, -0.2) is 13.2 Å². The quantitative estimate of drug-likeness (QED) is 0.793. The average Bonchev–Trinajstić information content (AvgIpc) is 2.64. The molecule has 3 rings (SSSR count). The summed E-state index contributed by atoms with van der Waals surface area (Å²) in [5, 5.41) is 0. The molecule has 2 amide bonds. The molecule has 2 saturated heterocycles. The number of rotatable bonds is 2. The smallest absolute Gasteiger partial charge is 0.320 e. The van der Waals surface area contributed by atoms with Gasteiger partial charge in [0, 0.05) is 39.3 Å². The van der Waals surface area contributed by atoms with Gasteiger partial charge in [-0.05, 0) is 55.9 Å². The SMILES string of the molecule is Cc1ccc(S(=O)(=O)N2CCN(C(=O)N3CCC(C)CC3)CC2)cc1C. The predicted octanol–water partition coefficient (Wildman–Crippen LogP) is 2.46. The molecule has 144 valence electrons. The Labute approximate surface area is 156 Å². The van der Waals surface area contributed by atoms with Crippen LogP contribution in [0.1, 0.15) is 30.9 Å². The number of piperidine rings is 1. The molecule has 2 aliphatic rings. The number of sulfonamides is 1. The molecule has 7 heteroatoms. The first-order chi connectivity index (χ1) is 12.3. The minimum atomic E-state index is -3.50. The van der Waals surface area contributed by atoms with E-state index >= 15 is 0 Å². The Morgan fingerprint density at radius 1 is 0.923 bits per heavy atom. The lowest BCUT2D eigenvalue weighted by atomic mass is 9.99. The summed E-state index contributed by atoms with van der Waals surface area (Å²) in [6.45, 7) is 9.34. The van der Waals surface area contributed by atoms with Gasteiger partial charge in [-0.2, -0.15) is 4.31 Å². The number of likely N-dealkylation sites (tertiary alicyclic amines) is 1. The van der Waals surface area contributed by atoms with Crippen LogP contribution >= 0.6 is 0 Å². The molecule has 1 aromatic carbocycles. The zero-order chi connectivity index (χ0) is 18.9. The highest BCUT2D eigenvalue weighted by Gasteiger charge is 2.32. The van der Waals surface area contributed by atoms with Crippen LogP contribution in [-0.2, 0) is 10.0 Å². The van der Waals surface area contributed by atoms with Crippen LogP contribution in [0.4, 0.5) is 4.79 Å². The molecule has 0 bridgehead atoms. The van der Waals surface area contributed by atoms with Crippen molar-refractivity contribution in [2.75, 3.05) is 39.3 Å². The molecular weight excluding hydrogens is 350 g/mol. The van der Waals surface area contributed by atoms with Gasteiger partial charge in [-0.3, -0.25) is 0 Å². The van der Waals surface area contributed by atoms with Crippen molar-refractivity contribution in [2.24, 2.45) is 5.92 Å². The number of amides is 2. The van der Waals surface area contributed by atoms with E-state index in [-0.39, 0.29) is 6.03 Å². The van der Waals surface area contributed by atoms with Crippen molar-refractivity contribution in [2.45, 2.75) is 38.5 Å². The Hall–Kier alpha value is -1.60. The van der Waals surface area contributed by atoms with Crippen LogP contribution in [0.25, 0.3) is 0 Å². The standard InChI is InChI=1S/C19H29N3O3S/c1-15-6-8-20(9-7-15)19(23)21-10-12-22(13-11-21)26(24,25)18-5-4-16(2)17(3)14-18/h4-5,14-15H,6-13H2,1-3H3. The van der Waals surface area contributed by atoms with E-state index < -0.39 is 10.0 Å². The van der Waals surface area contributed by atoms with Crippen LogP contribution in [0, 0.1) is 19.8 Å². The molecule has 0 unspecified atom stereocenters. The van der Waals surface area contributed by atoms with E-state index in [4.69, 9.17) is 0 Å². The monoisotopic (exact) mass is 379 g/mol. The number of hydrogen-bond donors (Lipinski definition) is 0. The minimum absolute atomic E-state index is 0.0557. The van der Waals surface area contributed by atoms with Crippen molar-refractivity contribution < 1.29 is 13.2 Å². The number of carbonyl (C=O) groups is 1. The fraction of sp³-hybridized carbons (Fsp3) is 0.632. The number of urea groups is 1.